The first-order valence-electron chi connectivity index (χ1n) is 9.30. The van der Waals surface area contributed by atoms with E-state index in [1.165, 1.54) is 0 Å². The summed E-state index contributed by atoms with van der Waals surface area (Å²) in [6.45, 7) is 7.36. The molecule has 0 saturated carbocycles. The lowest BCUT2D eigenvalue weighted by Crippen LogP contribution is -2.13. The second-order valence-corrected chi connectivity index (χ2v) is 6.15. The van der Waals surface area contributed by atoms with Crippen molar-refractivity contribution >= 4 is 11.0 Å². The standard InChI is InChI=1S/C20H26O7/c1-3-15-14(2)16-4-5-17-19(18(16)27-20(15)21)26-13-11-24-9-7-22-6-8-23-10-12-25-17/h4-5H,3,6-13H2,1-2H3. The highest BCUT2D eigenvalue weighted by Crippen LogP contribution is 2.37. The lowest BCUT2D eigenvalue weighted by Gasteiger charge is -2.15. The van der Waals surface area contributed by atoms with Crippen molar-refractivity contribution in [1.82, 2.24) is 0 Å². The molecule has 0 fully saturated rings. The number of ether oxygens (including phenoxy) is 5. The van der Waals surface area contributed by atoms with Gasteiger partial charge < -0.3 is 28.1 Å². The van der Waals surface area contributed by atoms with E-state index in [2.05, 4.69) is 0 Å². The van der Waals surface area contributed by atoms with Crippen LogP contribution < -0.4 is 15.1 Å². The summed E-state index contributed by atoms with van der Waals surface area (Å²) in [5, 5.41) is 0.845. The lowest BCUT2D eigenvalue weighted by molar-refractivity contribution is 0.00709. The minimum Gasteiger partial charge on any atom is -0.487 e. The lowest BCUT2D eigenvalue weighted by atomic mass is 10.0. The summed E-state index contributed by atoms with van der Waals surface area (Å²) in [4.78, 5) is 12.3. The molecule has 0 radical (unpaired) electrons. The molecule has 7 heteroatoms. The highest BCUT2D eigenvalue weighted by molar-refractivity contribution is 5.88. The fourth-order valence-electron chi connectivity index (χ4n) is 3.03. The predicted octanol–water partition coefficient (Wildman–Crippen LogP) is 2.48. The zero-order chi connectivity index (χ0) is 19.1. The molecule has 1 aliphatic heterocycles. The zero-order valence-corrected chi connectivity index (χ0v) is 15.9. The summed E-state index contributed by atoms with van der Waals surface area (Å²) < 4.78 is 33.7. The van der Waals surface area contributed by atoms with Gasteiger partial charge >= 0.3 is 5.63 Å². The molecule has 2 heterocycles. The number of hydrogen-bond donors (Lipinski definition) is 0. The Hall–Kier alpha value is -2.09. The molecule has 2 aromatic rings. The molecule has 0 aliphatic carbocycles. The maximum Gasteiger partial charge on any atom is 0.339 e. The Bertz CT molecular complexity index is 812. The van der Waals surface area contributed by atoms with Gasteiger partial charge in [-0.05, 0) is 31.0 Å². The van der Waals surface area contributed by atoms with Crippen molar-refractivity contribution in [1.29, 1.82) is 0 Å². The minimum atomic E-state index is -0.341. The molecule has 1 aromatic heterocycles. The predicted molar refractivity (Wildman–Crippen MR) is 100 cm³/mol. The molecule has 0 amide bonds. The first kappa shape index (κ1) is 19.7. The number of hydrogen-bond acceptors (Lipinski definition) is 7. The fourth-order valence-corrected chi connectivity index (χ4v) is 3.03. The highest BCUT2D eigenvalue weighted by Gasteiger charge is 2.18. The summed E-state index contributed by atoms with van der Waals surface area (Å²) in [5.74, 6) is 0.939. The third-order valence-electron chi connectivity index (χ3n) is 4.43. The van der Waals surface area contributed by atoms with Crippen molar-refractivity contribution in [2.24, 2.45) is 0 Å². The number of fused-ring (bicyclic) bond motifs is 3. The Morgan fingerprint density at radius 3 is 2.07 bits per heavy atom. The van der Waals surface area contributed by atoms with Crippen LogP contribution in [0.1, 0.15) is 18.1 Å². The summed E-state index contributed by atoms with van der Waals surface area (Å²) in [6.07, 6.45) is 0.617. The van der Waals surface area contributed by atoms with Crippen LogP contribution in [0.5, 0.6) is 11.5 Å². The Morgan fingerprint density at radius 2 is 1.44 bits per heavy atom. The van der Waals surface area contributed by atoms with Gasteiger partial charge in [-0.3, -0.25) is 0 Å². The molecule has 0 spiro atoms. The first-order chi connectivity index (χ1) is 13.2. The third kappa shape index (κ3) is 4.80. The van der Waals surface area contributed by atoms with Crippen LogP contribution in [0.25, 0.3) is 11.0 Å². The average molecular weight is 378 g/mol. The molecule has 1 aliphatic rings. The van der Waals surface area contributed by atoms with Crippen LogP contribution in [-0.4, -0.2) is 52.9 Å². The molecular formula is C20H26O7. The van der Waals surface area contributed by atoms with Gasteiger partial charge in [0, 0.05) is 10.9 Å². The van der Waals surface area contributed by atoms with E-state index in [1.54, 1.807) is 0 Å². The van der Waals surface area contributed by atoms with Crippen molar-refractivity contribution < 1.29 is 28.1 Å². The van der Waals surface area contributed by atoms with Gasteiger partial charge in [-0.15, -0.1) is 0 Å². The van der Waals surface area contributed by atoms with Crippen LogP contribution >= 0.6 is 0 Å². The van der Waals surface area contributed by atoms with Crippen molar-refractivity contribution in [3.05, 3.63) is 33.7 Å². The molecule has 1 aromatic carbocycles. The smallest absolute Gasteiger partial charge is 0.339 e. The molecule has 0 bridgehead atoms. The Kier molecular flexibility index (Phi) is 7.09. The van der Waals surface area contributed by atoms with Gasteiger partial charge in [-0.2, -0.15) is 0 Å². The molecule has 148 valence electrons. The Labute approximate surface area is 158 Å². The Morgan fingerprint density at radius 1 is 0.852 bits per heavy atom. The highest BCUT2D eigenvalue weighted by atomic mass is 16.6. The van der Waals surface area contributed by atoms with Crippen LogP contribution in [-0.2, 0) is 20.6 Å². The van der Waals surface area contributed by atoms with E-state index < -0.39 is 0 Å². The van der Waals surface area contributed by atoms with Gasteiger partial charge in [0.2, 0.25) is 5.75 Å². The van der Waals surface area contributed by atoms with Crippen molar-refractivity contribution in [2.75, 3.05) is 52.9 Å². The normalized spacial score (nSPS) is 17.3. The van der Waals surface area contributed by atoms with Crippen LogP contribution in [0.4, 0.5) is 0 Å². The second kappa shape index (κ2) is 9.73. The molecule has 0 atom stereocenters. The molecule has 0 unspecified atom stereocenters. The number of aryl methyl sites for hydroxylation is 1. The van der Waals surface area contributed by atoms with E-state index in [4.69, 9.17) is 28.1 Å². The van der Waals surface area contributed by atoms with Crippen LogP contribution in [0.3, 0.4) is 0 Å². The van der Waals surface area contributed by atoms with Crippen LogP contribution in [0.15, 0.2) is 21.3 Å². The largest absolute Gasteiger partial charge is 0.487 e. The van der Waals surface area contributed by atoms with E-state index in [0.29, 0.717) is 81.9 Å². The van der Waals surface area contributed by atoms with E-state index in [-0.39, 0.29) is 5.63 Å². The summed E-state index contributed by atoms with van der Waals surface area (Å²) in [5.41, 5.74) is 1.65. The van der Waals surface area contributed by atoms with Crippen LogP contribution in [0.2, 0.25) is 0 Å². The van der Waals surface area contributed by atoms with Gasteiger partial charge in [0.25, 0.3) is 0 Å². The van der Waals surface area contributed by atoms with E-state index in [9.17, 15) is 4.79 Å². The third-order valence-corrected chi connectivity index (χ3v) is 4.43. The summed E-state index contributed by atoms with van der Waals surface area (Å²) in [6, 6.07) is 3.74. The van der Waals surface area contributed by atoms with Gasteiger partial charge in [-0.1, -0.05) is 6.92 Å². The topological polar surface area (TPSA) is 76.4 Å². The van der Waals surface area contributed by atoms with E-state index in [0.717, 1.165) is 10.9 Å². The van der Waals surface area contributed by atoms with Gasteiger partial charge in [0.05, 0.1) is 39.6 Å². The molecule has 0 N–H and O–H groups in total. The molecular weight excluding hydrogens is 352 g/mol. The van der Waals surface area contributed by atoms with Gasteiger partial charge in [0.1, 0.15) is 13.2 Å². The molecule has 0 saturated heterocycles. The first-order valence-corrected chi connectivity index (χ1v) is 9.30. The number of benzene rings is 1. The van der Waals surface area contributed by atoms with Gasteiger partial charge in [-0.25, -0.2) is 4.79 Å². The minimum absolute atomic E-state index is 0.310. The van der Waals surface area contributed by atoms with Crippen molar-refractivity contribution in [2.45, 2.75) is 20.3 Å². The second-order valence-electron chi connectivity index (χ2n) is 6.15. The monoisotopic (exact) mass is 378 g/mol. The Balaban J connectivity index is 1.94. The van der Waals surface area contributed by atoms with E-state index in [1.807, 2.05) is 26.0 Å². The van der Waals surface area contributed by atoms with Crippen molar-refractivity contribution in [3.8, 4) is 11.5 Å². The van der Waals surface area contributed by atoms with E-state index >= 15 is 0 Å². The van der Waals surface area contributed by atoms with Crippen LogP contribution in [0, 0.1) is 6.92 Å². The maximum absolute atomic E-state index is 12.3. The van der Waals surface area contributed by atoms with Gasteiger partial charge in [0.15, 0.2) is 11.3 Å². The average Bonchev–Trinajstić information content (AvgIpc) is 2.67. The zero-order valence-electron chi connectivity index (χ0n) is 15.9. The quantitative estimate of drug-likeness (QED) is 0.706. The maximum atomic E-state index is 12.3. The fraction of sp³-hybridized carbons (Fsp3) is 0.550. The summed E-state index contributed by atoms with van der Waals surface area (Å²) >= 11 is 0. The van der Waals surface area contributed by atoms with Crippen molar-refractivity contribution in [3.63, 3.8) is 0 Å². The summed E-state index contributed by atoms with van der Waals surface area (Å²) in [7, 11) is 0. The number of rotatable bonds is 1. The molecule has 7 nitrogen and oxygen atoms in total. The molecule has 3 rings (SSSR count). The SMILES string of the molecule is CCc1c(C)c2ccc3c(c2oc1=O)OCCOCCOCCOCCO3. The molecule has 27 heavy (non-hydrogen) atoms.